The molecular formula is C27H46N2O. The molecule has 0 aromatic heterocycles. The van der Waals surface area contributed by atoms with E-state index in [9.17, 15) is 5.11 Å². The Morgan fingerprint density at radius 3 is 2.20 bits per heavy atom. The molecule has 170 valence electrons. The maximum atomic E-state index is 12.0. The van der Waals surface area contributed by atoms with Crippen molar-refractivity contribution in [2.45, 2.75) is 89.1 Å². The van der Waals surface area contributed by atoms with E-state index in [1.54, 1.807) is 0 Å². The topological polar surface area (TPSA) is 26.7 Å². The molecule has 1 aliphatic heterocycles. The SMILES string of the molecule is CN1CCN(CC2CCCCCCCCCCC2(O)CCCc2ccccc2)CC1. The molecule has 1 aliphatic carbocycles. The second-order valence-corrected chi connectivity index (χ2v) is 10.1. The largest absolute Gasteiger partial charge is 0.390 e. The number of nitrogens with zero attached hydrogens (tertiary/aromatic N) is 2. The first kappa shape index (κ1) is 23.8. The third-order valence-electron chi connectivity index (χ3n) is 7.66. The smallest absolute Gasteiger partial charge is 0.0688 e. The lowest BCUT2D eigenvalue weighted by Gasteiger charge is -2.42. The van der Waals surface area contributed by atoms with Gasteiger partial charge in [-0.2, -0.15) is 0 Å². The summed E-state index contributed by atoms with van der Waals surface area (Å²) in [5.41, 5.74) is 0.919. The standard InChI is InChI=1S/C27H46N2O/c1-28-20-22-29(23-21-28)24-26-17-11-6-4-2-3-5-7-12-18-27(26,30)19-13-16-25-14-9-8-10-15-25/h8-10,14-15,26,30H,2-7,11-13,16-24H2,1H3. The van der Waals surface area contributed by atoms with Gasteiger partial charge < -0.3 is 14.9 Å². The van der Waals surface area contributed by atoms with Crippen LogP contribution in [0.3, 0.4) is 0 Å². The quantitative estimate of drug-likeness (QED) is 0.664. The van der Waals surface area contributed by atoms with E-state index >= 15 is 0 Å². The molecule has 3 rings (SSSR count). The van der Waals surface area contributed by atoms with Gasteiger partial charge in [0.05, 0.1) is 5.60 Å². The highest BCUT2D eigenvalue weighted by Crippen LogP contribution is 2.35. The van der Waals surface area contributed by atoms with Gasteiger partial charge >= 0.3 is 0 Å². The van der Waals surface area contributed by atoms with Gasteiger partial charge in [-0.1, -0.05) is 81.7 Å². The Kier molecular flexibility index (Phi) is 10.2. The van der Waals surface area contributed by atoms with Gasteiger partial charge in [0.25, 0.3) is 0 Å². The Morgan fingerprint density at radius 1 is 0.867 bits per heavy atom. The Morgan fingerprint density at radius 2 is 1.50 bits per heavy atom. The van der Waals surface area contributed by atoms with Gasteiger partial charge in [-0.15, -0.1) is 0 Å². The van der Waals surface area contributed by atoms with Gasteiger partial charge in [-0.05, 0) is 44.7 Å². The average Bonchev–Trinajstić information content (AvgIpc) is 2.75. The van der Waals surface area contributed by atoms with E-state index in [1.165, 1.54) is 76.4 Å². The molecule has 0 radical (unpaired) electrons. The van der Waals surface area contributed by atoms with E-state index in [2.05, 4.69) is 47.2 Å². The number of aliphatic hydroxyl groups is 1. The molecule has 2 aliphatic rings. The van der Waals surface area contributed by atoms with E-state index < -0.39 is 5.60 Å². The summed E-state index contributed by atoms with van der Waals surface area (Å²) in [5.74, 6) is 0.427. The molecule has 3 nitrogen and oxygen atoms in total. The first-order chi connectivity index (χ1) is 14.7. The first-order valence-corrected chi connectivity index (χ1v) is 12.8. The van der Waals surface area contributed by atoms with Crippen LogP contribution >= 0.6 is 0 Å². The lowest BCUT2D eigenvalue weighted by molar-refractivity contribution is -0.0558. The summed E-state index contributed by atoms with van der Waals surface area (Å²) in [6, 6.07) is 10.8. The maximum absolute atomic E-state index is 12.0. The highest BCUT2D eigenvalue weighted by molar-refractivity contribution is 5.14. The summed E-state index contributed by atoms with van der Waals surface area (Å²) < 4.78 is 0. The van der Waals surface area contributed by atoms with E-state index in [-0.39, 0.29) is 0 Å². The second kappa shape index (κ2) is 12.8. The molecule has 2 unspecified atom stereocenters. The molecule has 0 spiro atoms. The van der Waals surface area contributed by atoms with Gasteiger partial charge in [-0.25, -0.2) is 0 Å². The maximum Gasteiger partial charge on any atom is 0.0688 e. The van der Waals surface area contributed by atoms with Gasteiger partial charge in [0.15, 0.2) is 0 Å². The molecule has 3 heteroatoms. The zero-order chi connectivity index (χ0) is 21.1. The van der Waals surface area contributed by atoms with Crippen LogP contribution in [0.15, 0.2) is 30.3 Å². The van der Waals surface area contributed by atoms with Crippen LogP contribution in [0.4, 0.5) is 0 Å². The molecule has 1 N–H and O–H groups in total. The van der Waals surface area contributed by atoms with Crippen molar-refractivity contribution in [3.63, 3.8) is 0 Å². The zero-order valence-corrected chi connectivity index (χ0v) is 19.5. The van der Waals surface area contributed by atoms with Crippen LogP contribution in [0.5, 0.6) is 0 Å². The predicted molar refractivity (Wildman–Crippen MR) is 128 cm³/mol. The highest BCUT2D eigenvalue weighted by Gasteiger charge is 2.36. The Balaban J connectivity index is 1.64. The molecule has 0 bridgehead atoms. The number of likely N-dealkylation sites (N-methyl/N-ethyl adjacent to an activating group) is 1. The minimum Gasteiger partial charge on any atom is -0.390 e. The summed E-state index contributed by atoms with van der Waals surface area (Å²) in [4.78, 5) is 5.07. The summed E-state index contributed by atoms with van der Waals surface area (Å²) >= 11 is 0. The molecule has 2 atom stereocenters. The third kappa shape index (κ3) is 7.98. The number of hydrogen-bond acceptors (Lipinski definition) is 3. The molecule has 30 heavy (non-hydrogen) atoms. The Hall–Kier alpha value is -0.900. The van der Waals surface area contributed by atoms with Crippen LogP contribution in [-0.4, -0.2) is 60.3 Å². The molecule has 1 heterocycles. The monoisotopic (exact) mass is 414 g/mol. The fourth-order valence-electron chi connectivity index (χ4n) is 5.53. The highest BCUT2D eigenvalue weighted by atomic mass is 16.3. The van der Waals surface area contributed by atoms with E-state index in [0.29, 0.717) is 5.92 Å². The number of rotatable bonds is 6. The fraction of sp³-hybridized carbons (Fsp3) is 0.778. The van der Waals surface area contributed by atoms with E-state index in [1.807, 2.05) is 0 Å². The van der Waals surface area contributed by atoms with Crippen molar-refractivity contribution in [2.24, 2.45) is 5.92 Å². The molecular weight excluding hydrogens is 368 g/mol. The Labute approximate surface area is 185 Å². The van der Waals surface area contributed by atoms with Crippen molar-refractivity contribution < 1.29 is 5.11 Å². The van der Waals surface area contributed by atoms with E-state index in [4.69, 9.17) is 0 Å². The average molecular weight is 415 g/mol. The number of piperazine rings is 1. The number of benzene rings is 1. The van der Waals surface area contributed by atoms with Gasteiger partial charge in [0, 0.05) is 38.6 Å². The molecule has 1 saturated carbocycles. The van der Waals surface area contributed by atoms with Gasteiger partial charge in [-0.3, -0.25) is 0 Å². The van der Waals surface area contributed by atoms with Crippen molar-refractivity contribution in [3.05, 3.63) is 35.9 Å². The van der Waals surface area contributed by atoms with Gasteiger partial charge in [0.2, 0.25) is 0 Å². The molecule has 2 fully saturated rings. The van der Waals surface area contributed by atoms with Crippen LogP contribution < -0.4 is 0 Å². The van der Waals surface area contributed by atoms with Crippen molar-refractivity contribution in [1.82, 2.24) is 9.80 Å². The first-order valence-electron chi connectivity index (χ1n) is 12.8. The fourth-order valence-corrected chi connectivity index (χ4v) is 5.53. The lowest BCUT2D eigenvalue weighted by atomic mass is 9.75. The predicted octanol–water partition coefficient (Wildman–Crippen LogP) is 5.52. The molecule has 1 saturated heterocycles. The van der Waals surface area contributed by atoms with Crippen LogP contribution in [0.25, 0.3) is 0 Å². The van der Waals surface area contributed by atoms with Crippen LogP contribution in [0, 0.1) is 5.92 Å². The number of hydrogen-bond donors (Lipinski definition) is 1. The minimum atomic E-state index is -0.489. The molecule has 0 amide bonds. The van der Waals surface area contributed by atoms with Crippen molar-refractivity contribution in [1.29, 1.82) is 0 Å². The summed E-state index contributed by atoms with van der Waals surface area (Å²) in [7, 11) is 2.23. The van der Waals surface area contributed by atoms with E-state index in [0.717, 1.165) is 45.3 Å². The zero-order valence-electron chi connectivity index (χ0n) is 19.5. The van der Waals surface area contributed by atoms with Crippen LogP contribution in [-0.2, 0) is 6.42 Å². The van der Waals surface area contributed by atoms with Crippen molar-refractivity contribution in [2.75, 3.05) is 39.8 Å². The summed E-state index contributed by atoms with van der Waals surface area (Å²) in [6.07, 6.45) is 16.0. The summed E-state index contributed by atoms with van der Waals surface area (Å²) in [6.45, 7) is 5.74. The van der Waals surface area contributed by atoms with Crippen LogP contribution in [0.1, 0.15) is 82.6 Å². The normalized spacial score (nSPS) is 28.5. The minimum absolute atomic E-state index is 0.427. The lowest BCUT2D eigenvalue weighted by Crippen LogP contribution is -2.50. The van der Waals surface area contributed by atoms with Crippen molar-refractivity contribution >= 4 is 0 Å². The molecule has 1 aromatic rings. The van der Waals surface area contributed by atoms with Crippen LogP contribution in [0.2, 0.25) is 0 Å². The van der Waals surface area contributed by atoms with Gasteiger partial charge in [0.1, 0.15) is 0 Å². The molecule has 1 aromatic carbocycles. The van der Waals surface area contributed by atoms with Crippen molar-refractivity contribution in [3.8, 4) is 0 Å². The second-order valence-electron chi connectivity index (χ2n) is 10.1. The number of aryl methyl sites for hydroxylation is 1. The Bertz CT molecular complexity index is 569. The third-order valence-corrected chi connectivity index (χ3v) is 7.66. The summed E-state index contributed by atoms with van der Waals surface area (Å²) in [5, 5.41) is 12.0.